The van der Waals surface area contributed by atoms with Crippen LogP contribution in [0.3, 0.4) is 0 Å². The van der Waals surface area contributed by atoms with Crippen molar-refractivity contribution in [1.82, 2.24) is 20.0 Å². The molecule has 2 aliphatic rings. The van der Waals surface area contributed by atoms with Crippen LogP contribution in [0, 0.1) is 0 Å². The highest BCUT2D eigenvalue weighted by Gasteiger charge is 2.36. The molecule has 7 nitrogen and oxygen atoms in total. The molecule has 1 saturated carbocycles. The van der Waals surface area contributed by atoms with Crippen LogP contribution in [0.4, 0.5) is 0 Å². The van der Waals surface area contributed by atoms with Crippen molar-refractivity contribution in [2.24, 2.45) is 7.05 Å². The number of β-amino-alcohol motifs (C(OH)–C–C–N with tert-alkyl or cyclic N) is 1. The minimum absolute atomic E-state index is 0.0804. The van der Waals surface area contributed by atoms with E-state index in [9.17, 15) is 14.7 Å². The topological polar surface area (TPSA) is 87.5 Å². The molecule has 3 rings (SSSR count). The zero-order chi connectivity index (χ0) is 15.7. The summed E-state index contributed by atoms with van der Waals surface area (Å²) < 4.78 is 1.16. The monoisotopic (exact) mass is 306 g/mol. The molecule has 2 heterocycles. The Morgan fingerprint density at radius 1 is 1.36 bits per heavy atom. The Morgan fingerprint density at radius 3 is 2.86 bits per heavy atom. The highest BCUT2D eigenvalue weighted by Crippen LogP contribution is 2.27. The van der Waals surface area contributed by atoms with Gasteiger partial charge in [-0.3, -0.25) is 14.5 Å². The summed E-state index contributed by atoms with van der Waals surface area (Å²) in [6.45, 7) is 1.57. The molecule has 1 aromatic rings. The number of carbonyl (C=O) groups is 1. The lowest BCUT2D eigenvalue weighted by Crippen LogP contribution is -2.48. The van der Waals surface area contributed by atoms with Crippen molar-refractivity contribution in [3.63, 3.8) is 0 Å². The molecule has 1 saturated heterocycles. The van der Waals surface area contributed by atoms with Gasteiger partial charge in [0.2, 0.25) is 0 Å². The first-order chi connectivity index (χ1) is 10.5. The van der Waals surface area contributed by atoms with Crippen LogP contribution >= 0.6 is 0 Å². The molecule has 0 aromatic carbocycles. The zero-order valence-electron chi connectivity index (χ0n) is 12.7. The van der Waals surface area contributed by atoms with E-state index < -0.39 is 0 Å². The molecule has 1 unspecified atom stereocenters. The fourth-order valence-corrected chi connectivity index (χ4v) is 3.48. The van der Waals surface area contributed by atoms with E-state index in [4.69, 9.17) is 0 Å². The molecule has 1 aromatic heterocycles. The van der Waals surface area contributed by atoms with Crippen LogP contribution in [-0.2, 0) is 7.05 Å². The van der Waals surface area contributed by atoms with Crippen LogP contribution in [0.5, 0.6) is 0 Å². The molecule has 1 aliphatic carbocycles. The second-order valence-corrected chi connectivity index (χ2v) is 6.20. The van der Waals surface area contributed by atoms with Crippen molar-refractivity contribution in [3.8, 4) is 0 Å². The van der Waals surface area contributed by atoms with Crippen LogP contribution in [0.2, 0.25) is 0 Å². The Balaban J connectivity index is 1.67. The summed E-state index contributed by atoms with van der Waals surface area (Å²) in [7, 11) is 1.53. The molecular weight excluding hydrogens is 284 g/mol. The summed E-state index contributed by atoms with van der Waals surface area (Å²) in [5.74, 6) is -0.243. The first-order valence-corrected chi connectivity index (χ1v) is 7.82. The van der Waals surface area contributed by atoms with E-state index in [0.717, 1.165) is 36.9 Å². The molecule has 22 heavy (non-hydrogen) atoms. The molecule has 2 N–H and O–H groups in total. The number of rotatable bonds is 3. The number of nitrogens with one attached hydrogen (secondary N) is 1. The fraction of sp³-hybridized carbons (Fsp3) is 0.667. The van der Waals surface area contributed by atoms with E-state index >= 15 is 0 Å². The van der Waals surface area contributed by atoms with Gasteiger partial charge in [0, 0.05) is 38.3 Å². The number of hydrogen-bond acceptors (Lipinski definition) is 5. The van der Waals surface area contributed by atoms with Crippen LogP contribution in [0.1, 0.15) is 36.2 Å². The highest BCUT2D eigenvalue weighted by atomic mass is 16.3. The summed E-state index contributed by atoms with van der Waals surface area (Å²) in [4.78, 5) is 25.9. The number of carbonyl (C=O) groups excluding carboxylic acids is 1. The summed E-state index contributed by atoms with van der Waals surface area (Å²) in [5, 5.41) is 16.7. The number of aliphatic hydroxyl groups excluding tert-OH is 1. The number of aromatic nitrogens is 2. The summed E-state index contributed by atoms with van der Waals surface area (Å²) in [6.07, 6.45) is 3.61. The fourth-order valence-electron chi connectivity index (χ4n) is 3.48. The summed E-state index contributed by atoms with van der Waals surface area (Å²) in [6, 6.07) is 3.18. The van der Waals surface area contributed by atoms with Crippen LogP contribution in [0.15, 0.2) is 16.9 Å². The molecule has 120 valence electrons. The maximum atomic E-state index is 12.3. The average Bonchev–Trinajstić information content (AvgIpc) is 3.10. The molecular formula is C15H22N4O3. The predicted molar refractivity (Wildman–Crippen MR) is 80.6 cm³/mol. The number of hydrogen-bond donors (Lipinski definition) is 2. The number of likely N-dealkylation sites (tertiary alicyclic amines) is 1. The van der Waals surface area contributed by atoms with Gasteiger partial charge in [0.05, 0.1) is 6.10 Å². The van der Waals surface area contributed by atoms with E-state index in [1.807, 2.05) is 0 Å². The van der Waals surface area contributed by atoms with E-state index in [1.165, 1.54) is 19.2 Å². The van der Waals surface area contributed by atoms with Gasteiger partial charge in [-0.1, -0.05) is 0 Å². The maximum Gasteiger partial charge on any atom is 0.271 e. The highest BCUT2D eigenvalue weighted by molar-refractivity contribution is 5.92. The van der Waals surface area contributed by atoms with E-state index in [1.54, 1.807) is 0 Å². The summed E-state index contributed by atoms with van der Waals surface area (Å²) in [5.41, 5.74) is 0.0237. The lowest BCUT2D eigenvalue weighted by molar-refractivity contribution is 0.0898. The molecule has 7 heteroatoms. The Labute approximate surface area is 128 Å². The lowest BCUT2D eigenvalue weighted by atomic mass is 10.1. The van der Waals surface area contributed by atoms with Gasteiger partial charge >= 0.3 is 0 Å². The van der Waals surface area contributed by atoms with Crippen molar-refractivity contribution < 1.29 is 9.90 Å². The third kappa shape index (κ3) is 3.05. The Morgan fingerprint density at radius 2 is 2.18 bits per heavy atom. The minimum Gasteiger partial charge on any atom is -0.392 e. The van der Waals surface area contributed by atoms with Gasteiger partial charge in [-0.2, -0.15) is 5.10 Å². The Kier molecular flexibility index (Phi) is 4.26. The zero-order valence-corrected chi connectivity index (χ0v) is 12.7. The van der Waals surface area contributed by atoms with Gasteiger partial charge in [0.1, 0.15) is 5.69 Å². The van der Waals surface area contributed by atoms with E-state index in [2.05, 4.69) is 15.3 Å². The normalized spacial score (nSPS) is 28.9. The molecule has 3 atom stereocenters. The predicted octanol–water partition coefficient (Wildman–Crippen LogP) is -0.502. The van der Waals surface area contributed by atoms with Gasteiger partial charge in [-0.05, 0) is 31.7 Å². The number of aliphatic hydroxyl groups is 1. The van der Waals surface area contributed by atoms with Crippen molar-refractivity contribution in [3.05, 3.63) is 28.2 Å². The van der Waals surface area contributed by atoms with Gasteiger partial charge in [-0.25, -0.2) is 4.68 Å². The smallest absolute Gasteiger partial charge is 0.271 e. The van der Waals surface area contributed by atoms with E-state index in [0.29, 0.717) is 6.54 Å². The first kappa shape index (κ1) is 15.2. The number of amides is 1. The third-order valence-electron chi connectivity index (χ3n) is 4.65. The van der Waals surface area contributed by atoms with Crippen LogP contribution in [-0.4, -0.2) is 57.0 Å². The second-order valence-electron chi connectivity index (χ2n) is 6.20. The minimum atomic E-state index is -0.248. The number of aryl methyl sites for hydroxylation is 1. The van der Waals surface area contributed by atoms with Crippen molar-refractivity contribution in [1.29, 1.82) is 0 Å². The SMILES string of the molecule is Cn1nc(C(=O)N[C@@H]2CCC[C@@H]2N2CCC(O)C2)ccc1=O. The third-order valence-corrected chi connectivity index (χ3v) is 4.65. The Bertz CT molecular complexity index is 615. The van der Waals surface area contributed by atoms with Crippen LogP contribution < -0.4 is 10.9 Å². The van der Waals surface area contributed by atoms with Crippen molar-refractivity contribution >= 4 is 5.91 Å². The summed E-state index contributed by atoms with van der Waals surface area (Å²) >= 11 is 0. The van der Waals surface area contributed by atoms with Gasteiger partial charge < -0.3 is 10.4 Å². The van der Waals surface area contributed by atoms with Crippen LogP contribution in [0.25, 0.3) is 0 Å². The molecule has 1 amide bonds. The molecule has 0 radical (unpaired) electrons. The average molecular weight is 306 g/mol. The quantitative estimate of drug-likeness (QED) is 0.786. The molecule has 2 fully saturated rings. The number of nitrogens with zero attached hydrogens (tertiary/aromatic N) is 3. The molecule has 1 aliphatic heterocycles. The van der Waals surface area contributed by atoms with Crippen molar-refractivity contribution in [2.45, 2.75) is 43.9 Å². The molecule has 0 spiro atoms. The van der Waals surface area contributed by atoms with Gasteiger partial charge in [0.15, 0.2) is 0 Å². The van der Waals surface area contributed by atoms with Gasteiger partial charge in [0.25, 0.3) is 11.5 Å². The first-order valence-electron chi connectivity index (χ1n) is 7.82. The second kappa shape index (κ2) is 6.18. The van der Waals surface area contributed by atoms with Crippen molar-refractivity contribution in [2.75, 3.05) is 13.1 Å². The maximum absolute atomic E-state index is 12.3. The van der Waals surface area contributed by atoms with Gasteiger partial charge in [-0.15, -0.1) is 0 Å². The Hall–Kier alpha value is -1.73. The lowest BCUT2D eigenvalue weighted by Gasteiger charge is -2.29. The molecule has 0 bridgehead atoms. The van der Waals surface area contributed by atoms with E-state index in [-0.39, 0.29) is 35.3 Å². The largest absolute Gasteiger partial charge is 0.392 e. The standard InChI is InChI=1S/C15H22N4O3/c1-18-14(21)6-5-12(17-18)15(22)16-11-3-2-4-13(11)19-8-7-10(20)9-19/h5-6,10-11,13,20H,2-4,7-9H2,1H3,(H,16,22)/t10?,11-,13+/m1/s1.